The summed E-state index contributed by atoms with van der Waals surface area (Å²) < 4.78 is 34.3. The molecule has 7 aliphatic rings. The van der Waals surface area contributed by atoms with Crippen LogP contribution in [0.4, 0.5) is 0 Å². The number of rotatable bonds is 7. The zero-order valence-corrected chi connectivity index (χ0v) is 36.1. The SMILES string of the molecule is COC(=O)[C@H]1O[C@@H](O[C@H]2[C@@H](O[C@H]3CC[C@]4(C)[C@H]5C(=O)C=C6[C@H]7C[C@@](C)(C(=O)OC)CC[C@]7(C)CC[C@@]6(C)[C@]5(C)CC[C@H]4C3(C)C)O[C@H](CO)[C@@H](O)[C@@H]2O)[C@H](O)[C@@H](O)[C@@H]1O. The van der Waals surface area contributed by atoms with Gasteiger partial charge in [-0.1, -0.05) is 47.1 Å². The van der Waals surface area contributed by atoms with Crippen LogP contribution in [0.1, 0.15) is 106 Å². The molecule has 6 N–H and O–H groups in total. The van der Waals surface area contributed by atoms with Crippen molar-refractivity contribution in [1.29, 1.82) is 0 Å². The number of carbonyl (C=O) groups is 3. The maximum absolute atomic E-state index is 14.9. The van der Waals surface area contributed by atoms with Crippen molar-refractivity contribution in [3.8, 4) is 0 Å². The molecule has 15 nitrogen and oxygen atoms in total. The molecule has 0 aromatic heterocycles. The first-order valence-electron chi connectivity index (χ1n) is 21.5. The van der Waals surface area contributed by atoms with Gasteiger partial charge in [0.05, 0.1) is 32.3 Å². The third-order valence-electron chi connectivity index (χ3n) is 17.6. The van der Waals surface area contributed by atoms with Gasteiger partial charge in [0.2, 0.25) is 0 Å². The molecule has 5 aliphatic carbocycles. The Hall–Kier alpha value is -2.05. The molecule has 0 unspecified atom stereocenters. The van der Waals surface area contributed by atoms with Crippen LogP contribution in [0, 0.1) is 50.2 Å². The van der Waals surface area contributed by atoms with E-state index in [4.69, 9.17) is 23.7 Å². The number of aliphatic hydroxyl groups excluding tert-OH is 6. The first kappa shape index (κ1) is 45.0. The summed E-state index contributed by atoms with van der Waals surface area (Å²) in [6.45, 7) is 14.9. The van der Waals surface area contributed by atoms with Gasteiger partial charge >= 0.3 is 11.9 Å². The van der Waals surface area contributed by atoms with Crippen molar-refractivity contribution in [2.45, 2.75) is 174 Å². The lowest BCUT2D eigenvalue weighted by atomic mass is 9.33. The Morgan fingerprint density at radius 1 is 0.763 bits per heavy atom. The second-order valence-electron chi connectivity index (χ2n) is 21.0. The minimum absolute atomic E-state index is 0.00637. The predicted octanol–water partition coefficient (Wildman–Crippen LogP) is 2.33. The number of methoxy groups -OCH3 is 2. The zero-order valence-electron chi connectivity index (χ0n) is 36.1. The molecule has 6 fully saturated rings. The van der Waals surface area contributed by atoms with Crippen molar-refractivity contribution in [2.24, 2.45) is 50.2 Å². The Morgan fingerprint density at radius 3 is 2.08 bits per heavy atom. The number of hydrogen-bond donors (Lipinski definition) is 6. The molecule has 0 bridgehead atoms. The summed E-state index contributed by atoms with van der Waals surface area (Å²) in [4.78, 5) is 40.4. The molecule has 2 saturated heterocycles. The van der Waals surface area contributed by atoms with Crippen LogP contribution in [0.15, 0.2) is 11.6 Å². The maximum Gasteiger partial charge on any atom is 0.337 e. The summed E-state index contributed by atoms with van der Waals surface area (Å²) in [6, 6.07) is 0. The highest BCUT2D eigenvalue weighted by Gasteiger charge is 2.71. The van der Waals surface area contributed by atoms with E-state index >= 15 is 0 Å². The van der Waals surface area contributed by atoms with Gasteiger partial charge in [0.1, 0.15) is 42.7 Å². The number of esters is 2. The van der Waals surface area contributed by atoms with Gasteiger partial charge in [-0.15, -0.1) is 0 Å². The van der Waals surface area contributed by atoms with E-state index in [0.29, 0.717) is 19.3 Å². The summed E-state index contributed by atoms with van der Waals surface area (Å²) in [7, 11) is 2.52. The Kier molecular flexibility index (Phi) is 11.7. The molecule has 0 radical (unpaired) electrons. The van der Waals surface area contributed by atoms with Crippen molar-refractivity contribution in [3.05, 3.63) is 11.6 Å². The number of fused-ring (bicyclic) bond motifs is 7. The molecule has 0 spiro atoms. The van der Waals surface area contributed by atoms with E-state index < -0.39 is 96.3 Å². The molecule has 0 aromatic carbocycles. The second-order valence-corrected chi connectivity index (χ2v) is 21.0. The number of hydrogen-bond acceptors (Lipinski definition) is 15. The topological polar surface area (TPSA) is 228 Å². The van der Waals surface area contributed by atoms with E-state index in [1.165, 1.54) is 12.7 Å². The number of carbonyl (C=O) groups excluding carboxylic acids is 3. The summed E-state index contributed by atoms with van der Waals surface area (Å²) in [5.74, 6) is -1.24. The van der Waals surface area contributed by atoms with Gasteiger partial charge < -0.3 is 59.1 Å². The lowest BCUT2D eigenvalue weighted by Gasteiger charge is -2.70. The Labute approximate surface area is 347 Å². The second kappa shape index (κ2) is 15.3. The molecule has 59 heavy (non-hydrogen) atoms. The molecule has 334 valence electrons. The van der Waals surface area contributed by atoms with Crippen LogP contribution in [0.2, 0.25) is 0 Å². The molecular formula is C44H68O15. The lowest BCUT2D eigenvalue weighted by Crippen LogP contribution is -2.68. The van der Waals surface area contributed by atoms with E-state index in [0.717, 1.165) is 45.6 Å². The number of allylic oxidation sites excluding steroid dienone is 2. The Morgan fingerprint density at radius 2 is 1.44 bits per heavy atom. The first-order chi connectivity index (χ1) is 27.5. The van der Waals surface area contributed by atoms with Crippen LogP contribution in [-0.2, 0) is 42.8 Å². The zero-order chi connectivity index (χ0) is 43.4. The average Bonchev–Trinajstić information content (AvgIpc) is 3.19. The first-order valence-corrected chi connectivity index (χ1v) is 21.5. The van der Waals surface area contributed by atoms with Gasteiger partial charge in [-0.05, 0) is 110 Å². The molecular weight excluding hydrogens is 768 g/mol. The normalized spacial score (nSPS) is 51.8. The van der Waals surface area contributed by atoms with E-state index in [-0.39, 0.29) is 45.8 Å². The van der Waals surface area contributed by atoms with Gasteiger partial charge in [-0.25, -0.2) is 4.79 Å². The van der Waals surface area contributed by atoms with E-state index in [1.807, 2.05) is 13.0 Å². The molecule has 2 aliphatic heterocycles. The van der Waals surface area contributed by atoms with Crippen molar-refractivity contribution >= 4 is 17.7 Å². The number of ketones is 1. The molecule has 4 saturated carbocycles. The molecule has 15 heteroatoms. The van der Waals surface area contributed by atoms with Crippen LogP contribution < -0.4 is 0 Å². The van der Waals surface area contributed by atoms with Gasteiger partial charge in [-0.2, -0.15) is 0 Å². The summed E-state index contributed by atoms with van der Waals surface area (Å²) in [5, 5.41) is 64.2. The van der Waals surface area contributed by atoms with Gasteiger partial charge in [-0.3, -0.25) is 9.59 Å². The summed E-state index contributed by atoms with van der Waals surface area (Å²) in [5.41, 5.74) is -1.00. The van der Waals surface area contributed by atoms with Crippen LogP contribution in [-0.4, -0.2) is 137 Å². The Balaban J connectivity index is 1.16. The van der Waals surface area contributed by atoms with E-state index in [2.05, 4.69) is 46.3 Å². The summed E-state index contributed by atoms with van der Waals surface area (Å²) in [6.07, 6.45) is -8.22. The molecule has 7 rings (SSSR count). The van der Waals surface area contributed by atoms with Gasteiger partial charge in [0.15, 0.2) is 24.5 Å². The quantitative estimate of drug-likeness (QED) is 0.160. The van der Waals surface area contributed by atoms with Gasteiger partial charge in [0.25, 0.3) is 0 Å². The fourth-order valence-electron chi connectivity index (χ4n) is 13.7. The third kappa shape index (κ3) is 6.70. The van der Waals surface area contributed by atoms with E-state index in [9.17, 15) is 45.0 Å². The minimum atomic E-state index is -1.89. The summed E-state index contributed by atoms with van der Waals surface area (Å²) >= 11 is 0. The van der Waals surface area contributed by atoms with Crippen molar-refractivity contribution in [3.63, 3.8) is 0 Å². The van der Waals surface area contributed by atoms with Gasteiger partial charge in [0, 0.05) is 5.92 Å². The lowest BCUT2D eigenvalue weighted by molar-refractivity contribution is -0.375. The maximum atomic E-state index is 14.9. The highest BCUT2D eigenvalue weighted by molar-refractivity contribution is 5.95. The highest BCUT2D eigenvalue weighted by Crippen LogP contribution is 2.75. The number of ether oxygens (including phenoxy) is 6. The predicted molar refractivity (Wildman–Crippen MR) is 208 cm³/mol. The Bertz CT molecular complexity index is 1680. The standard InChI is InChI=1S/C44H68O15/c1-39(2)25-10-13-44(7)34(23(46)18-21-22-19-41(4,38(53)55-9)15-14-40(22,3)16-17-43(21,44)6)42(25,5)12-11-26(39)57-37-33(29(49)27(47)24(20-45)56-37)59-36-31(51)28(48)30(50)32(58-36)35(52)54-8/h18,22,24-34,36-37,45,47-51H,10-17,19-20H2,1-9H3/t22-,24-,25+,26+,27-,28+,29+,30+,31-,32+,33-,34-,36+,37-,40-,41+,42+,43-,44-/m1/s1. The fraction of sp³-hybridized carbons (Fsp3) is 0.886. The highest BCUT2D eigenvalue weighted by atomic mass is 16.8. The fourth-order valence-corrected chi connectivity index (χ4v) is 13.7. The molecule has 19 atom stereocenters. The van der Waals surface area contributed by atoms with Crippen molar-refractivity contribution < 1.29 is 73.4 Å². The van der Waals surface area contributed by atoms with Crippen LogP contribution in [0.5, 0.6) is 0 Å². The molecule has 2 heterocycles. The van der Waals surface area contributed by atoms with Crippen molar-refractivity contribution in [1.82, 2.24) is 0 Å². The smallest absolute Gasteiger partial charge is 0.337 e. The minimum Gasteiger partial charge on any atom is -0.469 e. The largest absolute Gasteiger partial charge is 0.469 e. The third-order valence-corrected chi connectivity index (χ3v) is 17.6. The molecule has 0 amide bonds. The number of aliphatic hydroxyl groups is 6. The van der Waals surface area contributed by atoms with E-state index in [1.54, 1.807) is 0 Å². The van der Waals surface area contributed by atoms with Crippen molar-refractivity contribution in [2.75, 3.05) is 20.8 Å². The average molecular weight is 837 g/mol. The molecule has 0 aromatic rings. The monoisotopic (exact) mass is 836 g/mol. The van der Waals surface area contributed by atoms with Crippen LogP contribution >= 0.6 is 0 Å². The van der Waals surface area contributed by atoms with Crippen LogP contribution in [0.3, 0.4) is 0 Å². The van der Waals surface area contributed by atoms with Crippen LogP contribution in [0.25, 0.3) is 0 Å².